The Bertz CT molecular complexity index is 574. The van der Waals surface area contributed by atoms with Gasteiger partial charge < -0.3 is 10.1 Å². The number of hydrogen-bond donors (Lipinski definition) is 1. The Balaban J connectivity index is 1.94. The quantitative estimate of drug-likeness (QED) is 0.836. The molecule has 1 N–H and O–H groups in total. The van der Waals surface area contributed by atoms with Crippen molar-refractivity contribution in [3.8, 4) is 5.69 Å². The molecule has 1 aliphatic heterocycles. The number of imidazole rings is 1. The van der Waals surface area contributed by atoms with E-state index in [1.807, 2.05) is 16.8 Å². The van der Waals surface area contributed by atoms with Gasteiger partial charge in [0.1, 0.15) is 0 Å². The van der Waals surface area contributed by atoms with Crippen LogP contribution >= 0.6 is 0 Å². The van der Waals surface area contributed by atoms with Crippen LogP contribution in [-0.4, -0.2) is 16.1 Å². The van der Waals surface area contributed by atoms with E-state index >= 15 is 0 Å². The maximum atomic E-state index is 5.43. The first-order chi connectivity index (χ1) is 8.88. The fourth-order valence-corrected chi connectivity index (χ4v) is 2.11. The Hall–Kier alpha value is -2.07. The number of hydrogen-bond acceptors (Lipinski definition) is 3. The number of anilines is 1. The van der Waals surface area contributed by atoms with E-state index in [1.165, 1.54) is 11.1 Å². The van der Waals surface area contributed by atoms with Crippen LogP contribution in [0, 0.1) is 0 Å². The molecule has 0 bridgehead atoms. The lowest BCUT2D eigenvalue weighted by atomic mass is 10.1. The van der Waals surface area contributed by atoms with Crippen molar-refractivity contribution in [2.75, 3.05) is 11.9 Å². The predicted octanol–water partition coefficient (Wildman–Crippen LogP) is 2.50. The van der Waals surface area contributed by atoms with Crippen LogP contribution in [0.4, 0.5) is 5.95 Å². The van der Waals surface area contributed by atoms with Gasteiger partial charge in [-0.2, -0.15) is 0 Å². The summed E-state index contributed by atoms with van der Waals surface area (Å²) in [7, 11) is 0. The van der Waals surface area contributed by atoms with Gasteiger partial charge in [-0.15, -0.1) is 6.58 Å². The van der Waals surface area contributed by atoms with Gasteiger partial charge in [0.2, 0.25) is 5.95 Å². The maximum Gasteiger partial charge on any atom is 0.207 e. The molecular weight excluding hydrogens is 226 g/mol. The standard InChI is InChI=1S/C14H15N3O/c1-2-5-15-14-16-6-7-17(14)13-4-3-11-9-18-10-12(11)8-13/h2-4,6-8H,1,5,9-10H2,(H,15,16). The average molecular weight is 241 g/mol. The van der Waals surface area contributed by atoms with Crippen molar-refractivity contribution in [3.05, 3.63) is 54.4 Å². The summed E-state index contributed by atoms with van der Waals surface area (Å²) in [6, 6.07) is 6.37. The highest BCUT2D eigenvalue weighted by atomic mass is 16.5. The van der Waals surface area contributed by atoms with E-state index < -0.39 is 0 Å². The molecule has 0 aliphatic carbocycles. The first-order valence-corrected chi connectivity index (χ1v) is 5.96. The molecule has 3 rings (SSSR count). The Morgan fingerprint density at radius 1 is 1.39 bits per heavy atom. The SMILES string of the molecule is C=CCNc1nccn1-c1ccc2c(c1)COC2. The second kappa shape index (κ2) is 4.66. The molecule has 2 aromatic rings. The van der Waals surface area contributed by atoms with E-state index in [2.05, 4.69) is 35.1 Å². The molecule has 1 aromatic heterocycles. The Labute approximate surface area is 106 Å². The molecule has 1 aliphatic rings. The van der Waals surface area contributed by atoms with Crippen molar-refractivity contribution in [2.24, 2.45) is 0 Å². The number of rotatable bonds is 4. The third-order valence-electron chi connectivity index (χ3n) is 3.03. The second-order valence-corrected chi connectivity index (χ2v) is 4.24. The highest BCUT2D eigenvalue weighted by Crippen LogP contribution is 2.24. The van der Waals surface area contributed by atoms with Crippen LogP contribution < -0.4 is 5.32 Å². The maximum absolute atomic E-state index is 5.43. The third kappa shape index (κ3) is 1.91. The van der Waals surface area contributed by atoms with E-state index in [-0.39, 0.29) is 0 Å². The second-order valence-electron chi connectivity index (χ2n) is 4.24. The summed E-state index contributed by atoms with van der Waals surface area (Å²) < 4.78 is 7.46. The Kier molecular flexibility index (Phi) is 2.86. The van der Waals surface area contributed by atoms with Crippen LogP contribution in [0.3, 0.4) is 0 Å². The topological polar surface area (TPSA) is 39.1 Å². The minimum Gasteiger partial charge on any atom is -0.372 e. The number of ether oxygens (including phenoxy) is 1. The Morgan fingerprint density at radius 2 is 2.28 bits per heavy atom. The van der Waals surface area contributed by atoms with Crippen LogP contribution in [0.15, 0.2) is 43.2 Å². The molecule has 0 saturated carbocycles. The highest BCUT2D eigenvalue weighted by molar-refractivity contribution is 5.46. The normalized spacial score (nSPS) is 13.3. The van der Waals surface area contributed by atoms with Gasteiger partial charge >= 0.3 is 0 Å². The zero-order chi connectivity index (χ0) is 12.4. The molecule has 0 spiro atoms. The highest BCUT2D eigenvalue weighted by Gasteiger charge is 2.12. The van der Waals surface area contributed by atoms with Crippen molar-refractivity contribution in [1.29, 1.82) is 0 Å². The lowest BCUT2D eigenvalue weighted by Crippen LogP contribution is -2.05. The summed E-state index contributed by atoms with van der Waals surface area (Å²) in [6.07, 6.45) is 5.55. The average Bonchev–Trinajstić information content (AvgIpc) is 3.03. The monoisotopic (exact) mass is 241 g/mol. The summed E-state index contributed by atoms with van der Waals surface area (Å²) >= 11 is 0. The molecule has 4 heteroatoms. The van der Waals surface area contributed by atoms with E-state index in [1.54, 1.807) is 6.20 Å². The zero-order valence-electron chi connectivity index (χ0n) is 10.1. The lowest BCUT2D eigenvalue weighted by Gasteiger charge is -2.09. The smallest absolute Gasteiger partial charge is 0.207 e. The summed E-state index contributed by atoms with van der Waals surface area (Å²) in [6.45, 7) is 5.82. The minimum absolute atomic E-state index is 0.699. The first kappa shape index (κ1) is 11.0. The summed E-state index contributed by atoms with van der Waals surface area (Å²) in [5.74, 6) is 0.828. The van der Waals surface area contributed by atoms with E-state index in [4.69, 9.17) is 4.74 Å². The molecule has 92 valence electrons. The molecule has 0 atom stereocenters. The van der Waals surface area contributed by atoms with Crippen LogP contribution in [-0.2, 0) is 18.0 Å². The fourth-order valence-electron chi connectivity index (χ4n) is 2.11. The third-order valence-corrected chi connectivity index (χ3v) is 3.03. The van der Waals surface area contributed by atoms with Crippen LogP contribution in [0.2, 0.25) is 0 Å². The van der Waals surface area contributed by atoms with Gasteiger partial charge in [-0.05, 0) is 23.3 Å². The first-order valence-electron chi connectivity index (χ1n) is 5.96. The molecule has 1 aromatic carbocycles. The number of aromatic nitrogens is 2. The molecule has 0 saturated heterocycles. The summed E-state index contributed by atoms with van der Waals surface area (Å²) in [5.41, 5.74) is 3.64. The molecule has 0 unspecified atom stereocenters. The van der Waals surface area contributed by atoms with Gasteiger partial charge in [-0.1, -0.05) is 12.1 Å². The minimum atomic E-state index is 0.699. The Morgan fingerprint density at radius 3 is 3.17 bits per heavy atom. The fraction of sp³-hybridized carbons (Fsp3) is 0.214. The van der Waals surface area contributed by atoms with Crippen molar-refractivity contribution in [3.63, 3.8) is 0 Å². The van der Waals surface area contributed by atoms with Gasteiger partial charge in [0.25, 0.3) is 0 Å². The molecule has 4 nitrogen and oxygen atoms in total. The van der Waals surface area contributed by atoms with Crippen molar-refractivity contribution < 1.29 is 4.74 Å². The largest absolute Gasteiger partial charge is 0.372 e. The van der Waals surface area contributed by atoms with Crippen molar-refractivity contribution in [2.45, 2.75) is 13.2 Å². The van der Waals surface area contributed by atoms with E-state index in [0.29, 0.717) is 13.2 Å². The van der Waals surface area contributed by atoms with Crippen molar-refractivity contribution in [1.82, 2.24) is 9.55 Å². The van der Waals surface area contributed by atoms with Crippen LogP contribution in [0.1, 0.15) is 11.1 Å². The van der Waals surface area contributed by atoms with Gasteiger partial charge in [0, 0.05) is 24.6 Å². The number of nitrogens with one attached hydrogen (secondary N) is 1. The predicted molar refractivity (Wildman–Crippen MR) is 70.7 cm³/mol. The van der Waals surface area contributed by atoms with Crippen molar-refractivity contribution >= 4 is 5.95 Å². The molecule has 18 heavy (non-hydrogen) atoms. The molecule has 0 radical (unpaired) electrons. The van der Waals surface area contributed by atoms with Gasteiger partial charge in [-0.3, -0.25) is 4.57 Å². The number of benzene rings is 1. The molecular formula is C14H15N3O. The van der Waals surface area contributed by atoms with Gasteiger partial charge in [-0.25, -0.2) is 4.98 Å². The summed E-state index contributed by atoms with van der Waals surface area (Å²) in [5, 5.41) is 3.21. The van der Waals surface area contributed by atoms with E-state index in [9.17, 15) is 0 Å². The van der Waals surface area contributed by atoms with E-state index in [0.717, 1.165) is 18.2 Å². The lowest BCUT2D eigenvalue weighted by molar-refractivity contribution is 0.134. The van der Waals surface area contributed by atoms with Crippen LogP contribution in [0.25, 0.3) is 5.69 Å². The number of fused-ring (bicyclic) bond motifs is 1. The molecule has 0 fully saturated rings. The van der Waals surface area contributed by atoms with Gasteiger partial charge in [0.15, 0.2) is 0 Å². The summed E-state index contributed by atoms with van der Waals surface area (Å²) in [4.78, 5) is 4.30. The van der Waals surface area contributed by atoms with Gasteiger partial charge in [0.05, 0.1) is 13.2 Å². The molecule has 0 amide bonds. The zero-order valence-corrected chi connectivity index (χ0v) is 10.1. The molecule has 2 heterocycles. The number of nitrogens with zero attached hydrogens (tertiary/aromatic N) is 2. The van der Waals surface area contributed by atoms with Crippen LogP contribution in [0.5, 0.6) is 0 Å².